The number of benzene rings is 1. The average molecular weight is 401 g/mol. The van der Waals surface area contributed by atoms with Crippen LogP contribution >= 0.6 is 0 Å². The molecular formula is C17H28N4O5S. The fraction of sp³-hybridized carbons (Fsp3) is 0.529. The molecule has 0 spiro atoms. The first-order valence-electron chi connectivity index (χ1n) is 8.41. The van der Waals surface area contributed by atoms with Gasteiger partial charge < -0.3 is 21.3 Å². The number of carbonyl (C=O) groups is 1. The van der Waals surface area contributed by atoms with Crippen LogP contribution < -0.4 is 20.9 Å². The fourth-order valence-corrected chi connectivity index (χ4v) is 4.14. The summed E-state index contributed by atoms with van der Waals surface area (Å²) in [5, 5.41) is 8.72. The third kappa shape index (κ3) is 5.91. The lowest BCUT2D eigenvalue weighted by atomic mass is 10.1. The maximum Gasteiger partial charge on any atom is 0.264 e. The number of rotatable bonds is 9. The van der Waals surface area contributed by atoms with E-state index in [0.29, 0.717) is 29.7 Å². The minimum absolute atomic E-state index is 0.134. The second-order valence-corrected chi connectivity index (χ2v) is 7.84. The van der Waals surface area contributed by atoms with Gasteiger partial charge in [0.25, 0.3) is 10.0 Å². The molecule has 1 rings (SSSR count). The summed E-state index contributed by atoms with van der Waals surface area (Å²) >= 11 is 0. The largest absolute Gasteiger partial charge is 0.496 e. The Kier molecular flexibility index (Phi) is 8.20. The summed E-state index contributed by atoms with van der Waals surface area (Å²) < 4.78 is 32.9. The number of nitrogens with two attached hydrogens (primary N) is 2. The van der Waals surface area contributed by atoms with Gasteiger partial charge in [-0.2, -0.15) is 0 Å². The molecule has 0 bridgehead atoms. The number of nitrogens with one attached hydrogen (secondary N) is 1. The molecule has 0 radical (unpaired) electrons. The van der Waals surface area contributed by atoms with Crippen molar-refractivity contribution in [3.63, 3.8) is 0 Å². The number of hydrogen-bond acceptors (Lipinski definition) is 7. The van der Waals surface area contributed by atoms with Crippen molar-refractivity contribution in [3.8, 4) is 5.75 Å². The van der Waals surface area contributed by atoms with Crippen LogP contribution in [0, 0.1) is 20.8 Å². The monoisotopic (exact) mass is 400 g/mol. The average Bonchev–Trinajstić information content (AvgIpc) is 2.60. The Morgan fingerprint density at radius 3 is 2.52 bits per heavy atom. The molecule has 0 aromatic heterocycles. The molecular weight excluding hydrogens is 372 g/mol. The Morgan fingerprint density at radius 2 is 1.96 bits per heavy atom. The van der Waals surface area contributed by atoms with Gasteiger partial charge in [-0.05, 0) is 56.4 Å². The van der Waals surface area contributed by atoms with Crippen LogP contribution in [0.4, 0.5) is 0 Å². The highest BCUT2D eigenvalue weighted by atomic mass is 32.2. The number of ether oxygens (including phenoxy) is 1. The summed E-state index contributed by atoms with van der Waals surface area (Å²) in [5.41, 5.74) is 13.1. The zero-order chi connectivity index (χ0) is 20.8. The van der Waals surface area contributed by atoms with Gasteiger partial charge in [0, 0.05) is 6.54 Å². The molecule has 6 N–H and O–H groups in total. The first kappa shape index (κ1) is 22.9. The van der Waals surface area contributed by atoms with Crippen LogP contribution in [-0.2, 0) is 14.8 Å². The van der Waals surface area contributed by atoms with E-state index in [9.17, 15) is 13.2 Å². The van der Waals surface area contributed by atoms with Gasteiger partial charge in [-0.15, -0.1) is 0 Å². The lowest BCUT2D eigenvalue weighted by Gasteiger charge is -2.17. The quantitative estimate of drug-likeness (QED) is 0.256. The number of aryl methyl sites for hydroxylation is 1. The lowest BCUT2D eigenvalue weighted by molar-refractivity contribution is -0.123. The van der Waals surface area contributed by atoms with E-state index in [1.807, 2.05) is 0 Å². The molecule has 0 amide bonds. The molecule has 0 fully saturated rings. The number of aliphatic hydroxyl groups excluding tert-OH is 1. The van der Waals surface area contributed by atoms with Crippen LogP contribution in [0.5, 0.6) is 5.75 Å². The number of methoxy groups -OCH3 is 1. The number of ketones is 1. The second-order valence-electron chi connectivity index (χ2n) is 6.22. The van der Waals surface area contributed by atoms with Gasteiger partial charge in [-0.1, -0.05) is 0 Å². The number of aliphatic imine (C=N–C) groups is 1. The molecule has 0 heterocycles. The minimum Gasteiger partial charge on any atom is -0.496 e. The first-order chi connectivity index (χ1) is 12.5. The van der Waals surface area contributed by atoms with E-state index in [4.69, 9.17) is 21.3 Å². The van der Waals surface area contributed by atoms with Crippen molar-refractivity contribution in [1.29, 1.82) is 0 Å². The highest BCUT2D eigenvalue weighted by Gasteiger charge is 2.23. The van der Waals surface area contributed by atoms with E-state index in [2.05, 4.69) is 9.71 Å². The molecule has 1 aromatic carbocycles. The van der Waals surface area contributed by atoms with Gasteiger partial charge >= 0.3 is 0 Å². The molecule has 1 atom stereocenters. The molecule has 0 aliphatic heterocycles. The number of nitrogens with zero attached hydrogens (tertiary/aromatic N) is 1. The molecule has 9 nitrogen and oxygen atoms in total. The van der Waals surface area contributed by atoms with Crippen LogP contribution in [0.3, 0.4) is 0 Å². The summed E-state index contributed by atoms with van der Waals surface area (Å²) in [6.45, 7) is 4.75. The normalized spacial score (nSPS) is 13.3. The molecule has 0 saturated heterocycles. The maximum absolute atomic E-state index is 12.7. The van der Waals surface area contributed by atoms with Crippen molar-refractivity contribution in [2.24, 2.45) is 16.5 Å². The number of Topliss-reactive ketones (excluding diaryl/α,β-unsaturated/α-hetero) is 1. The smallest absolute Gasteiger partial charge is 0.264 e. The predicted molar refractivity (Wildman–Crippen MR) is 103 cm³/mol. The number of carbonyl (C=O) groups excluding carboxylic acids is 1. The Balaban J connectivity index is 2.86. The fourth-order valence-electron chi connectivity index (χ4n) is 2.66. The first-order valence-corrected chi connectivity index (χ1v) is 9.90. The van der Waals surface area contributed by atoms with E-state index < -0.39 is 28.5 Å². The van der Waals surface area contributed by atoms with Crippen LogP contribution in [0.2, 0.25) is 0 Å². The number of sulfonamides is 1. The summed E-state index contributed by atoms with van der Waals surface area (Å²) in [6, 6.07) is 0.889. The Labute approximate surface area is 159 Å². The van der Waals surface area contributed by atoms with E-state index in [1.54, 1.807) is 26.8 Å². The van der Waals surface area contributed by atoms with E-state index in [-0.39, 0.29) is 17.4 Å². The van der Waals surface area contributed by atoms with Crippen molar-refractivity contribution in [2.45, 2.75) is 44.6 Å². The van der Waals surface area contributed by atoms with Crippen molar-refractivity contribution in [2.75, 3.05) is 20.3 Å². The van der Waals surface area contributed by atoms with Crippen molar-refractivity contribution < 1.29 is 23.1 Å². The van der Waals surface area contributed by atoms with Gasteiger partial charge in [0.1, 0.15) is 12.4 Å². The molecule has 152 valence electrons. The number of aliphatic hydroxyl groups is 1. The molecule has 0 unspecified atom stereocenters. The van der Waals surface area contributed by atoms with Crippen molar-refractivity contribution in [3.05, 3.63) is 22.8 Å². The zero-order valence-electron chi connectivity index (χ0n) is 16.1. The Morgan fingerprint density at radius 1 is 1.33 bits per heavy atom. The van der Waals surface area contributed by atoms with Crippen molar-refractivity contribution >= 4 is 21.8 Å². The summed E-state index contributed by atoms with van der Waals surface area (Å²) in [7, 11) is -2.39. The molecule has 0 aliphatic carbocycles. The number of hydrogen-bond donors (Lipinski definition) is 4. The maximum atomic E-state index is 12.7. The standard InChI is InChI=1S/C17H28N4O5S/c1-10-8-15(26-4)11(2)12(3)16(10)27(24,25)21-17(19)20-7-5-6-13(18)14(23)9-22/h8,13,22H,5-7,9,18H2,1-4H3,(H3,19,20,21)/t13-/m0/s1. The van der Waals surface area contributed by atoms with E-state index >= 15 is 0 Å². The van der Waals surface area contributed by atoms with Crippen LogP contribution in [0.1, 0.15) is 29.5 Å². The summed E-state index contributed by atoms with van der Waals surface area (Å²) in [6.07, 6.45) is 0.744. The van der Waals surface area contributed by atoms with Crippen LogP contribution in [0.25, 0.3) is 0 Å². The lowest BCUT2D eigenvalue weighted by Crippen LogP contribution is -2.37. The van der Waals surface area contributed by atoms with Gasteiger partial charge in [0.15, 0.2) is 5.78 Å². The summed E-state index contributed by atoms with van der Waals surface area (Å²) in [5.74, 6) is -0.0860. The van der Waals surface area contributed by atoms with E-state index in [0.717, 1.165) is 5.56 Å². The molecule has 10 heteroatoms. The minimum atomic E-state index is -3.91. The van der Waals surface area contributed by atoms with Crippen LogP contribution in [-0.4, -0.2) is 51.6 Å². The summed E-state index contributed by atoms with van der Waals surface area (Å²) in [4.78, 5) is 15.3. The Bertz CT molecular complexity index is 821. The highest BCUT2D eigenvalue weighted by Crippen LogP contribution is 2.30. The molecule has 27 heavy (non-hydrogen) atoms. The highest BCUT2D eigenvalue weighted by molar-refractivity contribution is 7.90. The topological polar surface area (TPSA) is 157 Å². The SMILES string of the molecule is COc1cc(C)c(S(=O)(=O)NC(N)=NCCC[C@H](N)C(=O)CO)c(C)c1C. The third-order valence-corrected chi connectivity index (χ3v) is 5.87. The zero-order valence-corrected chi connectivity index (χ0v) is 16.9. The Hall–Kier alpha value is -2.17. The van der Waals surface area contributed by atoms with Crippen molar-refractivity contribution in [1.82, 2.24) is 4.72 Å². The third-order valence-electron chi connectivity index (χ3n) is 4.23. The number of guanidine groups is 1. The van der Waals surface area contributed by atoms with Gasteiger partial charge in [-0.25, -0.2) is 13.1 Å². The molecule has 1 aromatic rings. The van der Waals surface area contributed by atoms with Crippen LogP contribution in [0.15, 0.2) is 16.0 Å². The molecule has 0 aliphatic rings. The second kappa shape index (κ2) is 9.67. The van der Waals surface area contributed by atoms with Gasteiger partial charge in [0.05, 0.1) is 18.0 Å². The predicted octanol–water partition coefficient (Wildman–Crippen LogP) is -0.118. The van der Waals surface area contributed by atoms with E-state index in [1.165, 1.54) is 7.11 Å². The molecule has 0 saturated carbocycles. The van der Waals surface area contributed by atoms with Gasteiger partial charge in [0.2, 0.25) is 5.96 Å². The van der Waals surface area contributed by atoms with Gasteiger partial charge in [-0.3, -0.25) is 9.79 Å².